The fourth-order valence-electron chi connectivity index (χ4n) is 3.36. The van der Waals surface area contributed by atoms with Gasteiger partial charge in [-0.05, 0) is 43.2 Å². The molecule has 1 amide bonds. The molecule has 5 heteroatoms. The molecule has 5 nitrogen and oxygen atoms in total. The number of para-hydroxylation sites is 1. The van der Waals surface area contributed by atoms with E-state index in [1.54, 1.807) is 6.08 Å². The van der Waals surface area contributed by atoms with Gasteiger partial charge in [0.25, 0.3) is 5.91 Å². The number of rotatable bonds is 4. The number of amides is 1. The predicted molar refractivity (Wildman–Crippen MR) is 119 cm³/mol. The fraction of sp³-hybridized carbons (Fsp3) is 0.0800. The summed E-state index contributed by atoms with van der Waals surface area (Å²) in [5.41, 5.74) is 5.76. The maximum absolute atomic E-state index is 12.8. The van der Waals surface area contributed by atoms with Gasteiger partial charge in [0.1, 0.15) is 17.3 Å². The molecule has 2 aromatic heterocycles. The number of hydrogen-bond acceptors (Lipinski definition) is 3. The number of carbonyl (C=O) groups excluding carboxylic acids is 1. The second-order valence-electron chi connectivity index (χ2n) is 7.04. The summed E-state index contributed by atoms with van der Waals surface area (Å²) in [6.45, 7) is 3.90. The fourth-order valence-corrected chi connectivity index (χ4v) is 3.36. The van der Waals surface area contributed by atoms with Crippen LogP contribution in [0.2, 0.25) is 0 Å². The van der Waals surface area contributed by atoms with Crippen LogP contribution in [-0.4, -0.2) is 15.3 Å². The summed E-state index contributed by atoms with van der Waals surface area (Å²) in [6.07, 6.45) is 3.50. The Balaban J connectivity index is 1.84. The second kappa shape index (κ2) is 8.06. The Morgan fingerprint density at radius 1 is 1.00 bits per heavy atom. The van der Waals surface area contributed by atoms with Gasteiger partial charge in [0.15, 0.2) is 0 Å². The highest BCUT2D eigenvalue weighted by Gasteiger charge is 2.17. The molecule has 4 aromatic rings. The molecular weight excluding hydrogens is 372 g/mol. The molecule has 1 N–H and O–H groups in total. The molecule has 0 fully saturated rings. The van der Waals surface area contributed by atoms with Crippen molar-refractivity contribution < 1.29 is 4.79 Å². The van der Waals surface area contributed by atoms with Gasteiger partial charge in [-0.3, -0.25) is 9.20 Å². The standard InChI is InChI=1S/C25H20N4O/c1-17-9-6-7-13-21(17)27-25(30)20(16-26)15-22-23(19-11-4-3-5-12-19)28-24-18(2)10-8-14-29(22)24/h3-15H,1-2H3,(H,27,30)/b20-15+. The molecule has 0 bridgehead atoms. The number of carbonyl (C=O) groups is 1. The highest BCUT2D eigenvalue weighted by molar-refractivity contribution is 6.10. The lowest BCUT2D eigenvalue weighted by Crippen LogP contribution is -2.14. The minimum atomic E-state index is -0.451. The van der Waals surface area contributed by atoms with Gasteiger partial charge in [-0.25, -0.2) is 4.98 Å². The molecule has 30 heavy (non-hydrogen) atoms. The molecule has 0 aliphatic rings. The van der Waals surface area contributed by atoms with Crippen molar-refractivity contribution >= 4 is 23.3 Å². The van der Waals surface area contributed by atoms with Gasteiger partial charge < -0.3 is 5.32 Å². The van der Waals surface area contributed by atoms with E-state index >= 15 is 0 Å². The van der Waals surface area contributed by atoms with E-state index in [2.05, 4.69) is 5.32 Å². The van der Waals surface area contributed by atoms with Crippen molar-refractivity contribution in [3.05, 3.63) is 95.3 Å². The number of imidazole rings is 1. The zero-order valence-electron chi connectivity index (χ0n) is 16.8. The SMILES string of the molecule is Cc1ccccc1NC(=O)/C(C#N)=C/c1c(-c2ccccc2)nc2c(C)cccn12. The summed E-state index contributed by atoms with van der Waals surface area (Å²) in [7, 11) is 0. The van der Waals surface area contributed by atoms with Crippen LogP contribution in [0.25, 0.3) is 23.0 Å². The zero-order valence-corrected chi connectivity index (χ0v) is 16.8. The number of anilines is 1. The summed E-state index contributed by atoms with van der Waals surface area (Å²) in [5.74, 6) is -0.451. The molecule has 0 spiro atoms. The lowest BCUT2D eigenvalue weighted by molar-refractivity contribution is -0.112. The number of nitrogens with zero attached hydrogens (tertiary/aromatic N) is 3. The minimum absolute atomic E-state index is 0.0127. The molecule has 146 valence electrons. The van der Waals surface area contributed by atoms with Crippen LogP contribution in [0, 0.1) is 25.2 Å². The van der Waals surface area contributed by atoms with E-state index in [0.29, 0.717) is 11.4 Å². The third-order valence-electron chi connectivity index (χ3n) is 4.97. The smallest absolute Gasteiger partial charge is 0.266 e. The van der Waals surface area contributed by atoms with Crippen LogP contribution in [0.3, 0.4) is 0 Å². The van der Waals surface area contributed by atoms with E-state index in [0.717, 1.165) is 28.0 Å². The number of benzene rings is 2. The van der Waals surface area contributed by atoms with Crippen molar-refractivity contribution in [2.24, 2.45) is 0 Å². The molecule has 0 aliphatic heterocycles. The highest BCUT2D eigenvalue weighted by atomic mass is 16.1. The first kappa shape index (κ1) is 19.2. The molecule has 0 saturated heterocycles. The van der Waals surface area contributed by atoms with Crippen molar-refractivity contribution in [1.29, 1.82) is 5.26 Å². The van der Waals surface area contributed by atoms with Gasteiger partial charge in [0.2, 0.25) is 0 Å². The first-order chi connectivity index (χ1) is 14.6. The van der Waals surface area contributed by atoms with Crippen molar-refractivity contribution in [3.63, 3.8) is 0 Å². The monoisotopic (exact) mass is 392 g/mol. The van der Waals surface area contributed by atoms with Crippen LogP contribution >= 0.6 is 0 Å². The minimum Gasteiger partial charge on any atom is -0.321 e. The van der Waals surface area contributed by atoms with Crippen LogP contribution in [0.5, 0.6) is 0 Å². The van der Waals surface area contributed by atoms with Gasteiger partial charge in [-0.1, -0.05) is 54.6 Å². The number of fused-ring (bicyclic) bond motifs is 1. The summed E-state index contributed by atoms with van der Waals surface area (Å²) < 4.78 is 1.91. The average molecular weight is 392 g/mol. The van der Waals surface area contributed by atoms with E-state index in [1.807, 2.05) is 97.2 Å². The Hall–Kier alpha value is -4.17. The summed E-state index contributed by atoms with van der Waals surface area (Å²) in [6, 6.07) is 23.2. The number of nitrogens with one attached hydrogen (secondary N) is 1. The van der Waals surface area contributed by atoms with E-state index in [1.165, 1.54) is 0 Å². The molecule has 2 aromatic carbocycles. The number of nitriles is 1. The largest absolute Gasteiger partial charge is 0.321 e. The van der Waals surface area contributed by atoms with E-state index in [-0.39, 0.29) is 5.57 Å². The highest BCUT2D eigenvalue weighted by Crippen LogP contribution is 2.28. The summed E-state index contributed by atoms with van der Waals surface area (Å²) in [4.78, 5) is 17.6. The van der Waals surface area contributed by atoms with Crippen LogP contribution in [-0.2, 0) is 4.79 Å². The maximum Gasteiger partial charge on any atom is 0.266 e. The van der Waals surface area contributed by atoms with E-state index < -0.39 is 5.91 Å². The van der Waals surface area contributed by atoms with Gasteiger partial charge >= 0.3 is 0 Å². The van der Waals surface area contributed by atoms with Gasteiger partial charge in [-0.15, -0.1) is 0 Å². The second-order valence-corrected chi connectivity index (χ2v) is 7.04. The quantitative estimate of drug-likeness (QED) is 0.385. The molecule has 4 rings (SSSR count). The third-order valence-corrected chi connectivity index (χ3v) is 4.97. The Bertz CT molecular complexity index is 1310. The molecule has 0 atom stereocenters. The topological polar surface area (TPSA) is 70.2 Å². The molecule has 0 aliphatic carbocycles. The van der Waals surface area contributed by atoms with E-state index in [4.69, 9.17) is 4.98 Å². The predicted octanol–water partition coefficient (Wildman–Crippen LogP) is 5.16. The lowest BCUT2D eigenvalue weighted by atomic mass is 10.1. The van der Waals surface area contributed by atoms with Gasteiger partial charge in [0, 0.05) is 17.4 Å². The van der Waals surface area contributed by atoms with E-state index in [9.17, 15) is 10.1 Å². The Morgan fingerprint density at radius 2 is 1.70 bits per heavy atom. The number of aromatic nitrogens is 2. The zero-order chi connectivity index (χ0) is 21.1. The van der Waals surface area contributed by atoms with Crippen LogP contribution in [0.4, 0.5) is 5.69 Å². The van der Waals surface area contributed by atoms with Crippen LogP contribution in [0.15, 0.2) is 78.5 Å². The molecule has 0 saturated carbocycles. The molecule has 0 unspecified atom stereocenters. The van der Waals surface area contributed by atoms with Crippen molar-refractivity contribution in [3.8, 4) is 17.3 Å². The average Bonchev–Trinajstić information content (AvgIpc) is 3.14. The molecule has 0 radical (unpaired) electrons. The summed E-state index contributed by atoms with van der Waals surface area (Å²) in [5, 5.41) is 12.6. The van der Waals surface area contributed by atoms with Crippen LogP contribution in [0.1, 0.15) is 16.8 Å². The first-order valence-corrected chi connectivity index (χ1v) is 9.60. The molecular formula is C25H20N4O. The maximum atomic E-state index is 12.8. The molecule has 2 heterocycles. The normalized spacial score (nSPS) is 11.3. The van der Waals surface area contributed by atoms with Crippen LogP contribution < -0.4 is 5.32 Å². The number of pyridine rings is 1. The van der Waals surface area contributed by atoms with Gasteiger partial charge in [-0.2, -0.15) is 5.26 Å². The van der Waals surface area contributed by atoms with Crippen molar-refractivity contribution in [2.75, 3.05) is 5.32 Å². The summed E-state index contributed by atoms with van der Waals surface area (Å²) >= 11 is 0. The Labute approximate surface area is 174 Å². The Morgan fingerprint density at radius 3 is 2.43 bits per heavy atom. The number of hydrogen-bond donors (Lipinski definition) is 1. The first-order valence-electron chi connectivity index (χ1n) is 9.60. The third kappa shape index (κ3) is 3.59. The lowest BCUT2D eigenvalue weighted by Gasteiger charge is -2.08. The number of aryl methyl sites for hydroxylation is 2. The van der Waals surface area contributed by atoms with Crippen molar-refractivity contribution in [1.82, 2.24) is 9.38 Å². The Kier molecular flexibility index (Phi) is 5.15. The van der Waals surface area contributed by atoms with Crippen molar-refractivity contribution in [2.45, 2.75) is 13.8 Å². The van der Waals surface area contributed by atoms with Gasteiger partial charge in [0.05, 0.1) is 11.4 Å².